The lowest BCUT2D eigenvalue weighted by Crippen LogP contribution is -2.28. The molecule has 0 bridgehead atoms. The molecule has 2 amide bonds. The summed E-state index contributed by atoms with van der Waals surface area (Å²) in [5, 5.41) is 4.63. The topological polar surface area (TPSA) is 106 Å². The van der Waals surface area contributed by atoms with Gasteiger partial charge in [-0.25, -0.2) is 4.79 Å². The van der Waals surface area contributed by atoms with E-state index in [9.17, 15) is 4.79 Å². The van der Waals surface area contributed by atoms with E-state index in [2.05, 4.69) is 15.3 Å². The Labute approximate surface area is 104 Å². The molecule has 0 spiro atoms. The maximum Gasteiger partial charge on any atom is 0.344 e. The number of amides is 2. The van der Waals surface area contributed by atoms with Crippen LogP contribution in [0.2, 0.25) is 0 Å². The number of nitrogens with two attached hydrogens (primary N) is 2. The van der Waals surface area contributed by atoms with Crippen LogP contribution in [0, 0.1) is 0 Å². The van der Waals surface area contributed by atoms with E-state index in [1.54, 1.807) is 6.20 Å². The molecule has 0 saturated carbocycles. The van der Waals surface area contributed by atoms with Crippen LogP contribution in [0.4, 0.5) is 4.79 Å². The Balaban J connectivity index is 2.17. The Morgan fingerprint density at radius 3 is 2.83 bits per heavy atom. The highest BCUT2D eigenvalue weighted by Gasteiger charge is 2.04. The first-order valence-electron chi connectivity index (χ1n) is 5.37. The zero-order valence-electron chi connectivity index (χ0n) is 9.63. The molecule has 18 heavy (non-hydrogen) atoms. The van der Waals surface area contributed by atoms with Crippen molar-refractivity contribution in [2.75, 3.05) is 0 Å². The Hall–Kier alpha value is -2.63. The van der Waals surface area contributed by atoms with Crippen molar-refractivity contribution in [2.24, 2.45) is 16.5 Å². The smallest absolute Gasteiger partial charge is 0.344 e. The molecule has 0 radical (unpaired) electrons. The van der Waals surface area contributed by atoms with Gasteiger partial charge in [0.2, 0.25) is 0 Å². The van der Waals surface area contributed by atoms with Gasteiger partial charge in [-0.3, -0.25) is 4.98 Å². The third-order valence-corrected chi connectivity index (χ3v) is 2.39. The van der Waals surface area contributed by atoms with Crippen LogP contribution in [0.3, 0.4) is 0 Å². The van der Waals surface area contributed by atoms with Crippen LogP contribution in [0.15, 0.2) is 41.5 Å². The first kappa shape index (κ1) is 11.8. The first-order chi connectivity index (χ1) is 8.66. The molecular formula is C12H13N5O. The number of nitrogens with zero attached hydrogens (tertiary/aromatic N) is 2. The molecule has 1 aromatic heterocycles. The van der Waals surface area contributed by atoms with Gasteiger partial charge in [0.25, 0.3) is 0 Å². The van der Waals surface area contributed by atoms with Crippen molar-refractivity contribution in [2.45, 2.75) is 6.54 Å². The van der Waals surface area contributed by atoms with Gasteiger partial charge in [0.15, 0.2) is 5.96 Å². The van der Waals surface area contributed by atoms with Gasteiger partial charge >= 0.3 is 6.03 Å². The lowest BCUT2D eigenvalue weighted by molar-refractivity contribution is 0.249. The summed E-state index contributed by atoms with van der Waals surface area (Å²) in [6, 6.07) is 9.14. The highest BCUT2D eigenvalue weighted by atomic mass is 16.2. The van der Waals surface area contributed by atoms with Gasteiger partial charge in [0.05, 0.1) is 12.2 Å². The van der Waals surface area contributed by atoms with Gasteiger partial charge < -0.3 is 16.8 Å². The van der Waals surface area contributed by atoms with Gasteiger partial charge in [-0.1, -0.05) is 24.3 Å². The number of guanidine groups is 1. The van der Waals surface area contributed by atoms with Crippen LogP contribution in [0.5, 0.6) is 0 Å². The van der Waals surface area contributed by atoms with Crippen molar-refractivity contribution in [3.8, 4) is 0 Å². The number of benzene rings is 1. The quantitative estimate of drug-likeness (QED) is 0.533. The first-order valence-corrected chi connectivity index (χ1v) is 5.37. The minimum Gasteiger partial charge on any atom is -0.370 e. The number of hydrogen-bond donors (Lipinski definition) is 3. The van der Waals surface area contributed by atoms with Crippen molar-refractivity contribution < 1.29 is 4.79 Å². The summed E-state index contributed by atoms with van der Waals surface area (Å²) in [5.41, 5.74) is 11.0. The predicted octanol–water partition coefficient (Wildman–Crippen LogP) is 0.718. The van der Waals surface area contributed by atoms with E-state index in [1.165, 1.54) is 0 Å². The number of carbonyl (C=O) groups excluding carboxylic acids is 1. The highest BCUT2D eigenvalue weighted by molar-refractivity contribution is 5.90. The Morgan fingerprint density at radius 1 is 1.28 bits per heavy atom. The number of rotatable bonds is 2. The summed E-state index contributed by atoms with van der Waals surface area (Å²) < 4.78 is 0. The van der Waals surface area contributed by atoms with Gasteiger partial charge in [0, 0.05) is 11.6 Å². The lowest BCUT2D eigenvalue weighted by Gasteiger charge is -2.05. The monoisotopic (exact) mass is 243 g/mol. The minimum atomic E-state index is -0.579. The molecule has 2 aromatic rings. The van der Waals surface area contributed by atoms with E-state index in [-0.39, 0.29) is 12.5 Å². The fourth-order valence-electron chi connectivity index (χ4n) is 1.64. The number of aliphatic imine (C=N–C) groups is 1. The van der Waals surface area contributed by atoms with Crippen molar-refractivity contribution in [3.63, 3.8) is 0 Å². The Kier molecular flexibility index (Phi) is 3.38. The molecule has 5 N–H and O–H groups in total. The average molecular weight is 243 g/mol. The second-order valence-electron chi connectivity index (χ2n) is 3.67. The van der Waals surface area contributed by atoms with Crippen LogP contribution < -0.4 is 16.8 Å². The van der Waals surface area contributed by atoms with Crippen molar-refractivity contribution in [1.82, 2.24) is 10.3 Å². The molecule has 1 heterocycles. The highest BCUT2D eigenvalue weighted by Crippen LogP contribution is 2.15. The number of nitrogens with one attached hydrogen (secondary N) is 1. The van der Waals surface area contributed by atoms with E-state index >= 15 is 0 Å². The van der Waals surface area contributed by atoms with E-state index in [1.807, 2.05) is 30.3 Å². The van der Waals surface area contributed by atoms with E-state index in [0.29, 0.717) is 0 Å². The number of aromatic nitrogens is 1. The zero-order chi connectivity index (χ0) is 13.0. The fourth-order valence-corrected chi connectivity index (χ4v) is 1.64. The van der Waals surface area contributed by atoms with Crippen LogP contribution in [-0.2, 0) is 6.54 Å². The molecule has 0 fully saturated rings. The average Bonchev–Trinajstić information content (AvgIpc) is 2.35. The van der Waals surface area contributed by atoms with Crippen molar-refractivity contribution in [1.29, 1.82) is 0 Å². The molecule has 2 rings (SSSR count). The zero-order valence-corrected chi connectivity index (χ0v) is 9.63. The molecule has 1 aromatic carbocycles. The van der Waals surface area contributed by atoms with E-state index in [0.717, 1.165) is 16.5 Å². The largest absolute Gasteiger partial charge is 0.370 e. The summed E-state index contributed by atoms with van der Waals surface area (Å²) in [4.78, 5) is 18.9. The predicted molar refractivity (Wildman–Crippen MR) is 69.8 cm³/mol. The van der Waals surface area contributed by atoms with Crippen LogP contribution in [-0.4, -0.2) is 17.0 Å². The van der Waals surface area contributed by atoms with Crippen LogP contribution >= 0.6 is 0 Å². The number of urea groups is 1. The SMILES string of the molecule is NC(N)=NC(=O)NCc1nccc2ccccc12. The maximum absolute atomic E-state index is 11.3. The maximum atomic E-state index is 11.3. The molecule has 0 atom stereocenters. The number of hydrogen-bond acceptors (Lipinski definition) is 2. The normalized spacial score (nSPS) is 10.0. The third kappa shape index (κ3) is 2.73. The summed E-state index contributed by atoms with van der Waals surface area (Å²) in [6.45, 7) is 0.275. The molecule has 0 aliphatic rings. The van der Waals surface area contributed by atoms with Gasteiger partial charge in [0.1, 0.15) is 0 Å². The fraction of sp³-hybridized carbons (Fsp3) is 0.0833. The summed E-state index contributed by atoms with van der Waals surface area (Å²) in [7, 11) is 0. The lowest BCUT2D eigenvalue weighted by atomic mass is 10.1. The van der Waals surface area contributed by atoms with Crippen LogP contribution in [0.1, 0.15) is 5.69 Å². The van der Waals surface area contributed by atoms with E-state index < -0.39 is 6.03 Å². The number of pyridine rings is 1. The van der Waals surface area contributed by atoms with Gasteiger partial charge in [-0.15, -0.1) is 0 Å². The molecule has 92 valence electrons. The molecule has 0 unspecified atom stereocenters. The number of fused-ring (bicyclic) bond motifs is 1. The van der Waals surface area contributed by atoms with E-state index in [4.69, 9.17) is 11.5 Å². The summed E-state index contributed by atoms with van der Waals surface area (Å²) >= 11 is 0. The van der Waals surface area contributed by atoms with Crippen molar-refractivity contribution in [3.05, 3.63) is 42.2 Å². The van der Waals surface area contributed by atoms with Gasteiger partial charge in [-0.2, -0.15) is 4.99 Å². The minimum absolute atomic E-state index is 0.265. The Bertz CT molecular complexity index is 599. The summed E-state index contributed by atoms with van der Waals surface area (Å²) in [6.07, 6.45) is 1.70. The third-order valence-electron chi connectivity index (χ3n) is 2.39. The standard InChI is InChI=1S/C12H13N5O/c13-11(14)17-12(18)16-7-10-9-4-2-1-3-8(9)5-6-15-10/h1-6H,7H2,(H5,13,14,16,17,18). The Morgan fingerprint density at radius 2 is 2.06 bits per heavy atom. The molecule has 0 aliphatic carbocycles. The van der Waals surface area contributed by atoms with Gasteiger partial charge in [-0.05, 0) is 11.5 Å². The molecule has 0 aliphatic heterocycles. The second kappa shape index (κ2) is 5.13. The molecular weight excluding hydrogens is 230 g/mol. The second-order valence-corrected chi connectivity index (χ2v) is 3.67. The van der Waals surface area contributed by atoms with Crippen molar-refractivity contribution >= 4 is 22.8 Å². The molecule has 6 heteroatoms. The van der Waals surface area contributed by atoms with Crippen LogP contribution in [0.25, 0.3) is 10.8 Å². The summed E-state index contributed by atoms with van der Waals surface area (Å²) in [5.74, 6) is -0.265. The molecule has 0 saturated heterocycles. The number of carbonyl (C=O) groups is 1. The molecule has 6 nitrogen and oxygen atoms in total.